The quantitative estimate of drug-likeness (QED) is 0.807. The highest BCUT2D eigenvalue weighted by Crippen LogP contribution is 2.26. The van der Waals surface area contributed by atoms with E-state index in [1.54, 1.807) is 24.3 Å². The maximum absolute atomic E-state index is 9.76. The second-order valence-corrected chi connectivity index (χ2v) is 5.80. The maximum atomic E-state index is 9.76. The Labute approximate surface area is 133 Å². The van der Waals surface area contributed by atoms with E-state index in [0.29, 0.717) is 21.6 Å². The largest absolute Gasteiger partial charge is 0.508 e. The third kappa shape index (κ3) is 3.80. The van der Waals surface area contributed by atoms with Gasteiger partial charge in [-0.2, -0.15) is 0 Å². The van der Waals surface area contributed by atoms with Gasteiger partial charge in [0.25, 0.3) is 0 Å². The van der Waals surface area contributed by atoms with Crippen molar-refractivity contribution in [3.63, 3.8) is 0 Å². The summed E-state index contributed by atoms with van der Waals surface area (Å²) in [6, 6.07) is 10.6. The molecule has 0 heterocycles. The minimum atomic E-state index is 0.0724. The Hall–Kier alpha value is -0.930. The lowest BCUT2D eigenvalue weighted by Crippen LogP contribution is -2.18. The second-order valence-electron chi connectivity index (χ2n) is 4.55. The first-order chi connectivity index (χ1) is 9.47. The highest BCUT2D eigenvalue weighted by Gasteiger charge is 2.09. The zero-order valence-electron chi connectivity index (χ0n) is 10.8. The molecule has 0 saturated carbocycles. The SMILES string of the molecule is CC(NCc1cc(Cl)ccc1O)c1ccc(Cl)c(Cl)c1. The van der Waals surface area contributed by atoms with Crippen LogP contribution in [-0.2, 0) is 6.54 Å². The number of halogens is 3. The Kier molecular flexibility index (Phi) is 5.17. The molecular weight excluding hydrogens is 317 g/mol. The van der Waals surface area contributed by atoms with Crippen LogP contribution in [0.4, 0.5) is 0 Å². The molecule has 0 aromatic heterocycles. The Bertz CT molecular complexity index is 616. The van der Waals surface area contributed by atoms with Crippen molar-refractivity contribution < 1.29 is 5.11 Å². The van der Waals surface area contributed by atoms with Gasteiger partial charge in [-0.15, -0.1) is 0 Å². The summed E-state index contributed by atoms with van der Waals surface area (Å²) in [4.78, 5) is 0. The molecular formula is C15H14Cl3NO. The molecule has 0 spiro atoms. The fraction of sp³-hybridized carbons (Fsp3) is 0.200. The molecule has 0 fully saturated rings. The molecule has 106 valence electrons. The summed E-state index contributed by atoms with van der Waals surface area (Å²) in [5.41, 5.74) is 1.78. The lowest BCUT2D eigenvalue weighted by Gasteiger charge is -2.15. The monoisotopic (exact) mass is 329 g/mol. The smallest absolute Gasteiger partial charge is 0.120 e. The van der Waals surface area contributed by atoms with E-state index < -0.39 is 0 Å². The van der Waals surface area contributed by atoms with Gasteiger partial charge >= 0.3 is 0 Å². The van der Waals surface area contributed by atoms with Gasteiger partial charge in [0.1, 0.15) is 5.75 Å². The summed E-state index contributed by atoms with van der Waals surface area (Å²) >= 11 is 17.8. The van der Waals surface area contributed by atoms with Crippen LogP contribution in [0.2, 0.25) is 15.1 Å². The predicted molar refractivity (Wildman–Crippen MR) is 84.8 cm³/mol. The number of benzene rings is 2. The van der Waals surface area contributed by atoms with Crippen LogP contribution in [0.1, 0.15) is 24.1 Å². The van der Waals surface area contributed by atoms with Crippen LogP contribution in [0, 0.1) is 0 Å². The predicted octanol–water partition coefficient (Wildman–Crippen LogP) is 5.20. The molecule has 0 bridgehead atoms. The Morgan fingerprint density at radius 2 is 1.80 bits per heavy atom. The molecule has 0 aliphatic rings. The summed E-state index contributed by atoms with van der Waals surface area (Å²) in [6.07, 6.45) is 0. The summed E-state index contributed by atoms with van der Waals surface area (Å²) < 4.78 is 0. The molecule has 1 atom stereocenters. The van der Waals surface area contributed by atoms with Gasteiger partial charge in [0.15, 0.2) is 0 Å². The summed E-state index contributed by atoms with van der Waals surface area (Å²) in [5, 5.41) is 14.7. The zero-order chi connectivity index (χ0) is 14.7. The molecule has 2 aromatic carbocycles. The molecule has 0 aliphatic heterocycles. The van der Waals surface area contributed by atoms with Crippen molar-refractivity contribution in [2.75, 3.05) is 0 Å². The normalized spacial score (nSPS) is 12.4. The highest BCUT2D eigenvalue weighted by atomic mass is 35.5. The Morgan fingerprint density at radius 1 is 1.05 bits per heavy atom. The molecule has 1 unspecified atom stereocenters. The van der Waals surface area contributed by atoms with Crippen molar-refractivity contribution in [3.05, 3.63) is 62.6 Å². The Balaban J connectivity index is 2.06. The fourth-order valence-electron chi connectivity index (χ4n) is 1.86. The molecule has 5 heteroatoms. The van der Waals surface area contributed by atoms with Crippen LogP contribution in [0.5, 0.6) is 5.75 Å². The zero-order valence-corrected chi connectivity index (χ0v) is 13.1. The van der Waals surface area contributed by atoms with E-state index >= 15 is 0 Å². The average Bonchev–Trinajstić information content (AvgIpc) is 2.42. The van der Waals surface area contributed by atoms with Gasteiger partial charge in [-0.05, 0) is 42.8 Å². The van der Waals surface area contributed by atoms with Crippen LogP contribution in [0.15, 0.2) is 36.4 Å². The number of hydrogen-bond acceptors (Lipinski definition) is 2. The van der Waals surface area contributed by atoms with Crippen molar-refractivity contribution >= 4 is 34.8 Å². The molecule has 0 aliphatic carbocycles. The van der Waals surface area contributed by atoms with Crippen LogP contribution in [0.25, 0.3) is 0 Å². The number of nitrogens with one attached hydrogen (secondary N) is 1. The van der Waals surface area contributed by atoms with Crippen molar-refractivity contribution in [3.8, 4) is 5.75 Å². The third-order valence-corrected chi connectivity index (χ3v) is 4.06. The van der Waals surface area contributed by atoms with Crippen LogP contribution in [0.3, 0.4) is 0 Å². The highest BCUT2D eigenvalue weighted by molar-refractivity contribution is 6.42. The Morgan fingerprint density at radius 3 is 2.50 bits per heavy atom. The van der Waals surface area contributed by atoms with E-state index in [4.69, 9.17) is 34.8 Å². The van der Waals surface area contributed by atoms with Gasteiger partial charge in [0.2, 0.25) is 0 Å². The molecule has 20 heavy (non-hydrogen) atoms. The second kappa shape index (κ2) is 6.68. The minimum Gasteiger partial charge on any atom is -0.508 e. The van der Waals surface area contributed by atoms with Gasteiger partial charge in [0, 0.05) is 23.2 Å². The minimum absolute atomic E-state index is 0.0724. The first-order valence-electron chi connectivity index (χ1n) is 6.13. The van der Waals surface area contributed by atoms with E-state index in [2.05, 4.69) is 5.32 Å². The van der Waals surface area contributed by atoms with Crippen molar-refractivity contribution in [2.45, 2.75) is 19.5 Å². The third-order valence-electron chi connectivity index (χ3n) is 3.08. The number of aromatic hydroxyl groups is 1. The van der Waals surface area contributed by atoms with Crippen LogP contribution >= 0.6 is 34.8 Å². The molecule has 0 saturated heterocycles. The van der Waals surface area contributed by atoms with Crippen molar-refractivity contribution in [1.82, 2.24) is 5.32 Å². The van der Waals surface area contributed by atoms with E-state index in [1.807, 2.05) is 19.1 Å². The molecule has 2 N–H and O–H groups in total. The summed E-state index contributed by atoms with van der Waals surface area (Å²) in [5.74, 6) is 0.225. The van der Waals surface area contributed by atoms with Gasteiger partial charge in [-0.25, -0.2) is 0 Å². The first-order valence-corrected chi connectivity index (χ1v) is 7.26. The summed E-state index contributed by atoms with van der Waals surface area (Å²) in [6.45, 7) is 2.52. The maximum Gasteiger partial charge on any atom is 0.120 e. The van der Waals surface area contributed by atoms with Gasteiger partial charge in [-0.1, -0.05) is 40.9 Å². The average molecular weight is 331 g/mol. The lowest BCUT2D eigenvalue weighted by molar-refractivity contribution is 0.460. The fourth-order valence-corrected chi connectivity index (χ4v) is 2.36. The van der Waals surface area contributed by atoms with E-state index in [9.17, 15) is 5.11 Å². The van der Waals surface area contributed by atoms with Gasteiger partial charge in [0.05, 0.1) is 10.0 Å². The number of rotatable bonds is 4. The lowest BCUT2D eigenvalue weighted by atomic mass is 10.1. The van der Waals surface area contributed by atoms with Gasteiger partial charge in [-0.3, -0.25) is 0 Å². The molecule has 2 aromatic rings. The number of hydrogen-bond donors (Lipinski definition) is 2. The van der Waals surface area contributed by atoms with E-state index in [0.717, 1.165) is 11.1 Å². The summed E-state index contributed by atoms with van der Waals surface area (Å²) in [7, 11) is 0. The van der Waals surface area contributed by atoms with Crippen LogP contribution < -0.4 is 5.32 Å². The molecule has 2 nitrogen and oxygen atoms in total. The van der Waals surface area contributed by atoms with Crippen molar-refractivity contribution in [2.24, 2.45) is 0 Å². The molecule has 0 amide bonds. The van der Waals surface area contributed by atoms with Crippen molar-refractivity contribution in [1.29, 1.82) is 0 Å². The number of phenols is 1. The molecule has 0 radical (unpaired) electrons. The van der Waals surface area contributed by atoms with Crippen LogP contribution in [-0.4, -0.2) is 5.11 Å². The molecule has 2 rings (SSSR count). The standard InChI is InChI=1S/C15H14Cl3NO/c1-9(10-2-4-13(17)14(18)7-10)19-8-11-6-12(16)3-5-15(11)20/h2-7,9,19-20H,8H2,1H3. The van der Waals surface area contributed by atoms with Gasteiger partial charge < -0.3 is 10.4 Å². The van der Waals surface area contributed by atoms with E-state index in [-0.39, 0.29) is 11.8 Å². The first kappa shape index (κ1) is 15.5. The van der Waals surface area contributed by atoms with E-state index in [1.165, 1.54) is 0 Å². The number of phenolic OH excluding ortho intramolecular Hbond substituents is 1. The topological polar surface area (TPSA) is 32.3 Å².